The van der Waals surface area contributed by atoms with E-state index in [9.17, 15) is 23.6 Å². The lowest BCUT2D eigenvalue weighted by atomic mass is 10.3. The fraction of sp³-hybridized carbons (Fsp3) is 0.455. The number of hydrogen-bond acceptors (Lipinski definition) is 5. The van der Waals surface area contributed by atoms with Gasteiger partial charge in [0.15, 0.2) is 6.73 Å². The lowest BCUT2D eigenvalue weighted by Gasteiger charge is -2.06. The van der Waals surface area contributed by atoms with Gasteiger partial charge < -0.3 is 10.1 Å². The summed E-state index contributed by atoms with van der Waals surface area (Å²) in [5.41, 5.74) is -2.04. The van der Waals surface area contributed by atoms with E-state index >= 15 is 0 Å². The van der Waals surface area contributed by atoms with E-state index in [1.807, 2.05) is 0 Å². The van der Waals surface area contributed by atoms with Crippen LogP contribution in [-0.4, -0.2) is 28.5 Å². The normalized spacial score (nSPS) is 9.50. The highest BCUT2D eigenvalue weighted by molar-refractivity contribution is 5.80. The maximum Gasteiger partial charge on any atom is 0.331 e. The van der Waals surface area contributed by atoms with Crippen molar-refractivity contribution in [2.45, 2.75) is 27.0 Å². The van der Waals surface area contributed by atoms with Gasteiger partial charge in [-0.05, 0) is 0 Å². The first-order chi connectivity index (χ1) is 8.93. The lowest BCUT2D eigenvalue weighted by molar-refractivity contribution is -0.148. The zero-order valence-corrected chi connectivity index (χ0v) is 10.1. The number of carbonyl (C=O) groups is 2. The standard InChI is InChI=1S/C10H12FN3O5.CH4/c1-12-7(15)2-3-8(16)19-5-14-4-6(11)9(17)13-10(14)18;/h4H,2-3,5H2,1H3,(H,12,15)(H,13,17,18);1H4. The molecule has 0 aromatic carbocycles. The van der Waals surface area contributed by atoms with Gasteiger partial charge in [-0.15, -0.1) is 0 Å². The predicted molar refractivity (Wildman–Crippen MR) is 67.4 cm³/mol. The molecule has 0 radical (unpaired) electrons. The number of aromatic amines is 1. The number of nitrogens with one attached hydrogen (secondary N) is 2. The monoisotopic (exact) mass is 289 g/mol. The van der Waals surface area contributed by atoms with Crippen LogP contribution in [0, 0.1) is 5.82 Å². The van der Waals surface area contributed by atoms with E-state index in [0.717, 1.165) is 0 Å². The minimum absolute atomic E-state index is 0. The number of halogens is 1. The van der Waals surface area contributed by atoms with Crippen LogP contribution in [0.1, 0.15) is 20.3 Å². The first-order valence-electron chi connectivity index (χ1n) is 5.29. The molecule has 0 aliphatic heterocycles. The molecule has 1 rings (SSSR count). The van der Waals surface area contributed by atoms with Crippen molar-refractivity contribution in [1.29, 1.82) is 0 Å². The molecule has 2 N–H and O–H groups in total. The van der Waals surface area contributed by atoms with Gasteiger partial charge in [-0.2, -0.15) is 4.39 Å². The van der Waals surface area contributed by atoms with Crippen molar-refractivity contribution in [2.24, 2.45) is 0 Å². The molecule has 0 aliphatic rings. The highest BCUT2D eigenvalue weighted by Gasteiger charge is 2.08. The third-order valence-corrected chi connectivity index (χ3v) is 2.17. The van der Waals surface area contributed by atoms with Gasteiger partial charge in [-0.3, -0.25) is 23.9 Å². The lowest BCUT2D eigenvalue weighted by Crippen LogP contribution is -2.32. The van der Waals surface area contributed by atoms with E-state index in [-0.39, 0.29) is 26.2 Å². The van der Waals surface area contributed by atoms with Crippen molar-refractivity contribution in [1.82, 2.24) is 14.9 Å². The van der Waals surface area contributed by atoms with Gasteiger partial charge in [-0.25, -0.2) is 4.79 Å². The Bertz CT molecular complexity index is 592. The summed E-state index contributed by atoms with van der Waals surface area (Å²) in [6.07, 6.45) is 0.414. The van der Waals surface area contributed by atoms with E-state index in [1.54, 1.807) is 4.98 Å². The number of ether oxygens (including phenoxy) is 1. The second-order valence-corrected chi connectivity index (χ2v) is 3.52. The third kappa shape index (κ3) is 5.04. The molecule has 112 valence electrons. The van der Waals surface area contributed by atoms with Crippen LogP contribution in [0.4, 0.5) is 4.39 Å². The van der Waals surface area contributed by atoms with E-state index < -0.39 is 29.8 Å². The van der Waals surface area contributed by atoms with E-state index in [1.165, 1.54) is 7.05 Å². The van der Waals surface area contributed by atoms with E-state index in [0.29, 0.717) is 10.8 Å². The van der Waals surface area contributed by atoms with Crippen LogP contribution in [0.15, 0.2) is 15.8 Å². The molecule has 20 heavy (non-hydrogen) atoms. The van der Waals surface area contributed by atoms with Crippen LogP contribution >= 0.6 is 0 Å². The Balaban J connectivity index is 0.00000361. The van der Waals surface area contributed by atoms with Gasteiger partial charge >= 0.3 is 11.7 Å². The van der Waals surface area contributed by atoms with E-state index in [2.05, 4.69) is 10.1 Å². The Labute approximate surface area is 113 Å². The summed E-state index contributed by atoms with van der Waals surface area (Å²) in [6.45, 7) is -0.543. The zero-order chi connectivity index (χ0) is 14.4. The molecule has 0 atom stereocenters. The maximum atomic E-state index is 12.9. The number of hydrogen-bond donors (Lipinski definition) is 2. The van der Waals surface area contributed by atoms with Crippen molar-refractivity contribution in [3.05, 3.63) is 32.9 Å². The first kappa shape index (κ1) is 17.6. The van der Waals surface area contributed by atoms with Gasteiger partial charge in [0.05, 0.1) is 12.6 Å². The molecule has 0 saturated heterocycles. The molecule has 9 heteroatoms. The molecule has 1 aromatic rings. The number of H-pyrrole nitrogens is 1. The van der Waals surface area contributed by atoms with Crippen molar-refractivity contribution in [3.8, 4) is 0 Å². The highest BCUT2D eigenvalue weighted by Crippen LogP contribution is 1.94. The largest absolute Gasteiger partial charge is 0.444 e. The molecule has 1 aromatic heterocycles. The minimum Gasteiger partial charge on any atom is -0.444 e. The predicted octanol–water partition coefficient (Wildman–Crippen LogP) is -0.661. The Morgan fingerprint density at radius 1 is 1.40 bits per heavy atom. The molecular formula is C11H16FN3O5. The van der Waals surface area contributed by atoms with Crippen LogP contribution in [-0.2, 0) is 21.1 Å². The fourth-order valence-electron chi connectivity index (χ4n) is 1.13. The summed E-state index contributed by atoms with van der Waals surface area (Å²) in [5.74, 6) is -2.22. The summed E-state index contributed by atoms with van der Waals surface area (Å²) in [5, 5.41) is 2.33. The van der Waals surface area contributed by atoms with Crippen LogP contribution in [0.3, 0.4) is 0 Å². The Morgan fingerprint density at radius 3 is 2.65 bits per heavy atom. The molecule has 0 spiro atoms. The highest BCUT2D eigenvalue weighted by atomic mass is 19.1. The van der Waals surface area contributed by atoms with Gasteiger partial charge in [0, 0.05) is 13.5 Å². The summed E-state index contributed by atoms with van der Waals surface area (Å²) in [6, 6.07) is 0. The van der Waals surface area contributed by atoms with Crippen molar-refractivity contribution in [2.75, 3.05) is 7.05 Å². The number of nitrogens with zero attached hydrogens (tertiary/aromatic N) is 1. The fourth-order valence-corrected chi connectivity index (χ4v) is 1.13. The molecule has 0 unspecified atom stereocenters. The average Bonchev–Trinajstić information content (AvgIpc) is 2.38. The molecule has 0 aliphatic carbocycles. The van der Waals surface area contributed by atoms with Crippen molar-refractivity contribution < 1.29 is 18.7 Å². The molecule has 0 saturated carbocycles. The van der Waals surface area contributed by atoms with Gasteiger partial charge in [0.1, 0.15) is 0 Å². The van der Waals surface area contributed by atoms with Gasteiger partial charge in [0.2, 0.25) is 11.7 Å². The minimum atomic E-state index is -1.17. The number of rotatable bonds is 5. The number of amides is 1. The SMILES string of the molecule is C.CNC(=O)CCC(=O)OCn1cc(F)c(=O)[nH]c1=O. The van der Waals surface area contributed by atoms with Crippen LogP contribution in [0.5, 0.6) is 0 Å². The number of esters is 1. The molecule has 1 amide bonds. The maximum absolute atomic E-state index is 12.9. The van der Waals surface area contributed by atoms with Crippen LogP contribution in [0.2, 0.25) is 0 Å². The topological polar surface area (TPSA) is 110 Å². The van der Waals surface area contributed by atoms with Gasteiger partial charge in [-0.1, -0.05) is 7.43 Å². The molecular weight excluding hydrogens is 273 g/mol. The second-order valence-electron chi connectivity index (χ2n) is 3.52. The smallest absolute Gasteiger partial charge is 0.331 e. The quantitative estimate of drug-likeness (QED) is 0.699. The summed E-state index contributed by atoms with van der Waals surface area (Å²) in [7, 11) is 1.43. The molecule has 0 bridgehead atoms. The molecule has 0 fully saturated rings. The second kappa shape index (κ2) is 7.87. The van der Waals surface area contributed by atoms with Crippen LogP contribution < -0.4 is 16.6 Å². The van der Waals surface area contributed by atoms with Crippen molar-refractivity contribution in [3.63, 3.8) is 0 Å². The number of carbonyl (C=O) groups excluding carboxylic acids is 2. The van der Waals surface area contributed by atoms with Crippen molar-refractivity contribution >= 4 is 11.9 Å². The summed E-state index contributed by atoms with van der Waals surface area (Å²) in [4.78, 5) is 45.7. The third-order valence-electron chi connectivity index (χ3n) is 2.17. The summed E-state index contributed by atoms with van der Waals surface area (Å²) >= 11 is 0. The zero-order valence-electron chi connectivity index (χ0n) is 10.1. The Morgan fingerprint density at radius 2 is 2.05 bits per heavy atom. The number of aromatic nitrogens is 2. The Hall–Kier alpha value is -2.45. The molecule has 8 nitrogen and oxygen atoms in total. The summed E-state index contributed by atoms with van der Waals surface area (Å²) < 4.78 is 18.2. The average molecular weight is 289 g/mol. The Kier molecular flexibility index (Phi) is 6.91. The first-order valence-corrected chi connectivity index (χ1v) is 5.29. The molecule has 1 heterocycles. The van der Waals surface area contributed by atoms with Crippen LogP contribution in [0.25, 0.3) is 0 Å². The van der Waals surface area contributed by atoms with E-state index in [4.69, 9.17) is 0 Å². The van der Waals surface area contributed by atoms with Gasteiger partial charge in [0.25, 0.3) is 5.56 Å².